The van der Waals surface area contributed by atoms with Crippen molar-refractivity contribution in [2.45, 2.75) is 26.9 Å². The normalized spacial score (nSPS) is 11.9. The molecule has 29 heavy (non-hydrogen) atoms. The van der Waals surface area contributed by atoms with Crippen LogP contribution in [0, 0.1) is 5.92 Å². The number of imidazole rings is 1. The molecule has 0 unspecified atom stereocenters. The van der Waals surface area contributed by atoms with Gasteiger partial charge in [-0.3, -0.25) is 9.97 Å². The molecule has 0 radical (unpaired) electrons. The molecule has 0 spiro atoms. The number of aromatic nitrogens is 5. The molecule has 2 N–H and O–H groups in total. The van der Waals surface area contributed by atoms with Crippen molar-refractivity contribution in [3.8, 4) is 11.1 Å². The Balaban J connectivity index is 1.95. The molecular formula is C21H25N7O. The molecule has 8 nitrogen and oxygen atoms in total. The second-order valence-corrected chi connectivity index (χ2v) is 7.53. The van der Waals surface area contributed by atoms with Crippen molar-refractivity contribution >= 4 is 27.9 Å². The van der Waals surface area contributed by atoms with Gasteiger partial charge in [-0.1, -0.05) is 19.9 Å². The minimum Gasteiger partial charge on any atom is -0.382 e. The number of anilines is 1. The van der Waals surface area contributed by atoms with E-state index in [4.69, 9.17) is 20.5 Å². The van der Waals surface area contributed by atoms with Crippen LogP contribution in [-0.4, -0.2) is 43.7 Å². The summed E-state index contributed by atoms with van der Waals surface area (Å²) in [5.41, 5.74) is 11.4. The summed E-state index contributed by atoms with van der Waals surface area (Å²) in [7, 11) is 3.51. The number of nitrogens with zero attached hydrogens (tertiary/aromatic N) is 6. The fraction of sp³-hybridized carbons (Fsp3) is 0.333. The van der Waals surface area contributed by atoms with E-state index in [2.05, 4.69) is 28.4 Å². The summed E-state index contributed by atoms with van der Waals surface area (Å²) in [6.45, 7) is 5.69. The van der Waals surface area contributed by atoms with Gasteiger partial charge in [0.25, 0.3) is 0 Å². The molecule has 0 aliphatic carbocycles. The maximum atomic E-state index is 6.32. The van der Waals surface area contributed by atoms with Crippen LogP contribution in [0.3, 0.4) is 0 Å². The lowest BCUT2D eigenvalue weighted by atomic mass is 10.1. The third-order valence-corrected chi connectivity index (χ3v) is 4.84. The van der Waals surface area contributed by atoms with Crippen LogP contribution in [-0.2, 0) is 17.9 Å². The highest BCUT2D eigenvalue weighted by Crippen LogP contribution is 2.30. The van der Waals surface area contributed by atoms with Crippen LogP contribution in [0.2, 0.25) is 0 Å². The Bertz CT molecular complexity index is 1150. The predicted octanol–water partition coefficient (Wildman–Crippen LogP) is 3.27. The molecule has 8 heteroatoms. The van der Waals surface area contributed by atoms with E-state index in [-0.39, 0.29) is 0 Å². The van der Waals surface area contributed by atoms with Gasteiger partial charge in [0.15, 0.2) is 5.82 Å². The highest BCUT2D eigenvalue weighted by molar-refractivity contribution is 6.05. The molecule has 0 fully saturated rings. The van der Waals surface area contributed by atoms with Crippen LogP contribution in [0.15, 0.2) is 36.8 Å². The van der Waals surface area contributed by atoms with Crippen molar-refractivity contribution in [3.05, 3.63) is 42.6 Å². The van der Waals surface area contributed by atoms with Crippen LogP contribution in [0.25, 0.3) is 33.2 Å². The maximum Gasteiger partial charge on any atom is 0.152 e. The fourth-order valence-electron chi connectivity index (χ4n) is 3.46. The van der Waals surface area contributed by atoms with Gasteiger partial charge in [-0.05, 0) is 18.1 Å². The quantitative estimate of drug-likeness (QED) is 0.504. The highest BCUT2D eigenvalue weighted by atomic mass is 16.7. The fourth-order valence-corrected chi connectivity index (χ4v) is 3.46. The Morgan fingerprint density at radius 1 is 1.17 bits per heavy atom. The van der Waals surface area contributed by atoms with Gasteiger partial charge in [0.05, 0.1) is 19.2 Å². The zero-order chi connectivity index (χ0) is 20.5. The minimum atomic E-state index is 0.404. The van der Waals surface area contributed by atoms with Gasteiger partial charge in [-0.25, -0.2) is 9.97 Å². The minimum absolute atomic E-state index is 0.404. The first-order valence-corrected chi connectivity index (χ1v) is 9.58. The number of hydrogen-bond acceptors (Lipinski definition) is 7. The molecule has 4 aromatic heterocycles. The second-order valence-electron chi connectivity index (χ2n) is 7.53. The summed E-state index contributed by atoms with van der Waals surface area (Å²) in [6.07, 6.45) is 5.41. The molecule has 0 saturated carbocycles. The molecule has 0 aliphatic rings. The van der Waals surface area contributed by atoms with Crippen molar-refractivity contribution in [2.75, 3.05) is 19.9 Å². The van der Waals surface area contributed by atoms with Gasteiger partial charge in [0.1, 0.15) is 22.4 Å². The molecule has 150 valence electrons. The van der Waals surface area contributed by atoms with Crippen molar-refractivity contribution in [1.29, 1.82) is 0 Å². The lowest BCUT2D eigenvalue weighted by Crippen LogP contribution is -2.20. The predicted molar refractivity (Wildman–Crippen MR) is 114 cm³/mol. The summed E-state index contributed by atoms with van der Waals surface area (Å²) in [5, 5.41) is 1.73. The smallest absolute Gasteiger partial charge is 0.152 e. The monoisotopic (exact) mass is 391 g/mol. The van der Waals surface area contributed by atoms with Gasteiger partial charge in [-0.15, -0.1) is 0 Å². The molecule has 0 saturated heterocycles. The Hall–Kier alpha value is -3.10. The second kappa shape index (κ2) is 7.73. The van der Waals surface area contributed by atoms with E-state index in [1.165, 1.54) is 0 Å². The van der Waals surface area contributed by atoms with Crippen molar-refractivity contribution < 1.29 is 4.84 Å². The van der Waals surface area contributed by atoms with E-state index in [1.54, 1.807) is 18.4 Å². The number of rotatable bonds is 6. The average molecular weight is 391 g/mol. The summed E-state index contributed by atoms with van der Waals surface area (Å²) in [4.78, 5) is 23.6. The Morgan fingerprint density at radius 2 is 2.00 bits per heavy atom. The van der Waals surface area contributed by atoms with E-state index < -0.39 is 0 Å². The first kappa shape index (κ1) is 19.2. The van der Waals surface area contributed by atoms with Gasteiger partial charge in [0, 0.05) is 43.3 Å². The zero-order valence-electron chi connectivity index (χ0n) is 17.1. The Kier molecular flexibility index (Phi) is 5.12. The van der Waals surface area contributed by atoms with E-state index >= 15 is 0 Å². The van der Waals surface area contributed by atoms with Gasteiger partial charge < -0.3 is 15.1 Å². The molecule has 0 aliphatic heterocycles. The van der Waals surface area contributed by atoms with Crippen LogP contribution in [0.4, 0.5) is 5.82 Å². The van der Waals surface area contributed by atoms with Crippen LogP contribution in [0.1, 0.15) is 19.7 Å². The molecule has 0 bridgehead atoms. The molecule has 0 amide bonds. The first-order valence-electron chi connectivity index (χ1n) is 9.58. The van der Waals surface area contributed by atoms with E-state index in [0.29, 0.717) is 23.8 Å². The standard InChI is InChI=1S/C21H25N7O/c1-13(2)11-28-17(12-27(3)29-4)26-19-20(28)18-16(25-21(19)22)8-15(10-24-18)14-6-5-7-23-9-14/h5-10,13H,11-12H2,1-4H3,(H2,22,25). The number of hydroxylamine groups is 2. The molecular weight excluding hydrogens is 366 g/mol. The van der Waals surface area contributed by atoms with Gasteiger partial charge in [-0.2, -0.15) is 5.06 Å². The summed E-state index contributed by atoms with van der Waals surface area (Å²) >= 11 is 0. The van der Waals surface area contributed by atoms with Gasteiger partial charge in [0.2, 0.25) is 0 Å². The number of fused-ring (bicyclic) bond motifs is 3. The number of pyridine rings is 3. The van der Waals surface area contributed by atoms with Crippen molar-refractivity contribution in [1.82, 2.24) is 29.6 Å². The molecule has 0 aromatic carbocycles. The SMILES string of the molecule is CON(C)Cc1nc2c(N)nc3cc(-c4cccnc4)cnc3c2n1CC(C)C. The summed E-state index contributed by atoms with van der Waals surface area (Å²) in [6, 6.07) is 5.91. The topological polar surface area (TPSA) is 95.0 Å². The largest absolute Gasteiger partial charge is 0.382 e. The summed E-state index contributed by atoms with van der Waals surface area (Å²) < 4.78 is 2.19. The first-order chi connectivity index (χ1) is 14.0. The van der Waals surface area contributed by atoms with Crippen LogP contribution >= 0.6 is 0 Å². The van der Waals surface area contributed by atoms with Crippen molar-refractivity contribution in [2.24, 2.45) is 5.92 Å². The number of hydrogen-bond donors (Lipinski definition) is 1. The molecule has 4 rings (SSSR count). The van der Waals surface area contributed by atoms with Crippen LogP contribution in [0.5, 0.6) is 0 Å². The van der Waals surface area contributed by atoms with Crippen molar-refractivity contribution in [3.63, 3.8) is 0 Å². The maximum absolute atomic E-state index is 6.32. The number of nitrogen functional groups attached to an aromatic ring is 1. The highest BCUT2D eigenvalue weighted by Gasteiger charge is 2.20. The average Bonchev–Trinajstić information content (AvgIpc) is 3.06. The van der Waals surface area contributed by atoms with E-state index in [0.717, 1.165) is 40.0 Å². The zero-order valence-corrected chi connectivity index (χ0v) is 17.1. The summed E-state index contributed by atoms with van der Waals surface area (Å²) in [5.74, 6) is 1.71. The lowest BCUT2D eigenvalue weighted by molar-refractivity contribution is -0.118. The molecule has 4 heterocycles. The third kappa shape index (κ3) is 3.64. The third-order valence-electron chi connectivity index (χ3n) is 4.84. The Morgan fingerprint density at radius 3 is 2.69 bits per heavy atom. The Labute approximate surface area is 169 Å². The number of nitrogens with two attached hydrogens (primary N) is 1. The molecule has 4 aromatic rings. The van der Waals surface area contributed by atoms with E-state index in [9.17, 15) is 0 Å². The van der Waals surface area contributed by atoms with Gasteiger partial charge >= 0.3 is 0 Å². The molecule has 0 atom stereocenters. The van der Waals surface area contributed by atoms with Crippen LogP contribution < -0.4 is 5.73 Å². The van der Waals surface area contributed by atoms with E-state index in [1.807, 2.05) is 37.6 Å². The lowest BCUT2D eigenvalue weighted by Gasteiger charge is -2.16.